The molecule has 0 radical (unpaired) electrons. The lowest BCUT2D eigenvalue weighted by atomic mass is 9.64. The van der Waals surface area contributed by atoms with Crippen molar-refractivity contribution in [2.24, 2.45) is 0 Å². The fourth-order valence-electron chi connectivity index (χ4n) is 5.34. The van der Waals surface area contributed by atoms with Gasteiger partial charge in [0.15, 0.2) is 5.82 Å². The van der Waals surface area contributed by atoms with Crippen molar-refractivity contribution in [1.29, 1.82) is 0 Å². The number of H-pyrrole nitrogens is 1. The summed E-state index contributed by atoms with van der Waals surface area (Å²) in [6, 6.07) is 23.8. The summed E-state index contributed by atoms with van der Waals surface area (Å²) < 4.78 is 1.51. The third-order valence-electron chi connectivity index (χ3n) is 7.67. The minimum absolute atomic E-state index is 0.00914. The third-order valence-corrected chi connectivity index (χ3v) is 7.67. The van der Waals surface area contributed by atoms with Crippen LogP contribution in [0, 0.1) is 0 Å². The highest BCUT2D eigenvalue weighted by Crippen LogP contribution is 2.43. The molecule has 3 heterocycles. The maximum atomic E-state index is 13.7. The van der Waals surface area contributed by atoms with Crippen molar-refractivity contribution < 1.29 is 4.79 Å². The molecule has 3 aromatic heterocycles. The van der Waals surface area contributed by atoms with Crippen molar-refractivity contribution in [1.82, 2.24) is 24.8 Å². The van der Waals surface area contributed by atoms with Gasteiger partial charge in [0.25, 0.3) is 5.56 Å². The number of carbonyl (C=O) groups is 1. The first-order valence-electron chi connectivity index (χ1n) is 13.2. The summed E-state index contributed by atoms with van der Waals surface area (Å²) >= 11 is 0. The third kappa shape index (κ3) is 5.05. The van der Waals surface area contributed by atoms with E-state index >= 15 is 0 Å². The number of anilines is 1. The molecule has 0 aliphatic heterocycles. The molecule has 8 nitrogen and oxygen atoms in total. The number of pyridine rings is 1. The quantitative estimate of drug-likeness (QED) is 0.264. The van der Waals surface area contributed by atoms with Crippen molar-refractivity contribution in [2.75, 3.05) is 11.9 Å². The molecular weight excluding hydrogens is 488 g/mol. The topological polar surface area (TPSA) is 105 Å². The summed E-state index contributed by atoms with van der Waals surface area (Å²) in [5.74, 6) is -0.00392. The van der Waals surface area contributed by atoms with Crippen molar-refractivity contribution >= 4 is 22.6 Å². The number of nitrogens with one attached hydrogen (secondary N) is 3. The molecule has 0 atom stereocenters. The first kappa shape index (κ1) is 24.6. The Labute approximate surface area is 226 Å². The van der Waals surface area contributed by atoms with Gasteiger partial charge >= 0.3 is 0 Å². The fourth-order valence-corrected chi connectivity index (χ4v) is 5.34. The van der Waals surface area contributed by atoms with Crippen molar-refractivity contribution in [2.45, 2.75) is 37.8 Å². The highest BCUT2D eigenvalue weighted by molar-refractivity contribution is 5.80. The number of fused-ring (bicyclic) bond motifs is 1. The Balaban J connectivity index is 1.23. The van der Waals surface area contributed by atoms with Crippen molar-refractivity contribution in [3.63, 3.8) is 0 Å². The van der Waals surface area contributed by atoms with E-state index in [1.807, 2.05) is 48.5 Å². The number of rotatable bonds is 9. The molecule has 1 aliphatic rings. The summed E-state index contributed by atoms with van der Waals surface area (Å²) in [6.07, 6.45) is 8.46. The van der Waals surface area contributed by atoms with Crippen LogP contribution >= 0.6 is 0 Å². The number of hydrogen-bond donors (Lipinski definition) is 3. The molecule has 2 aromatic carbocycles. The zero-order valence-electron chi connectivity index (χ0n) is 21.6. The largest absolute Gasteiger partial charge is 0.365 e. The average Bonchev–Trinajstić information content (AvgIpc) is 3.37. The monoisotopic (exact) mass is 518 g/mol. The van der Waals surface area contributed by atoms with Crippen LogP contribution in [-0.4, -0.2) is 32.0 Å². The smallest absolute Gasteiger partial charge is 0.294 e. The van der Waals surface area contributed by atoms with Gasteiger partial charge in [0.2, 0.25) is 5.91 Å². The van der Waals surface area contributed by atoms with Crippen LogP contribution < -0.4 is 16.2 Å². The summed E-state index contributed by atoms with van der Waals surface area (Å²) in [5, 5.41) is 7.25. The van der Waals surface area contributed by atoms with Gasteiger partial charge in [-0.1, -0.05) is 67.1 Å². The molecule has 0 unspecified atom stereocenters. The summed E-state index contributed by atoms with van der Waals surface area (Å²) in [5.41, 5.74) is 4.20. The van der Waals surface area contributed by atoms with Gasteiger partial charge < -0.3 is 15.6 Å². The molecule has 1 amide bonds. The Bertz CT molecular complexity index is 1620. The lowest BCUT2D eigenvalue weighted by Crippen LogP contribution is -2.42. The molecule has 1 fully saturated rings. The van der Waals surface area contributed by atoms with E-state index < -0.39 is 0 Å². The van der Waals surface area contributed by atoms with Gasteiger partial charge in [-0.2, -0.15) is 0 Å². The molecule has 8 heteroatoms. The Morgan fingerprint density at radius 3 is 2.49 bits per heavy atom. The second-order valence-electron chi connectivity index (χ2n) is 10.1. The van der Waals surface area contributed by atoms with Crippen LogP contribution in [0.15, 0.2) is 96.2 Å². The Morgan fingerprint density at radius 2 is 1.77 bits per heavy atom. The van der Waals surface area contributed by atoms with E-state index in [0.717, 1.165) is 41.4 Å². The van der Waals surface area contributed by atoms with Gasteiger partial charge in [0.05, 0.1) is 18.4 Å². The van der Waals surface area contributed by atoms with Gasteiger partial charge in [0, 0.05) is 41.0 Å². The molecule has 0 saturated heterocycles. The van der Waals surface area contributed by atoms with E-state index in [4.69, 9.17) is 0 Å². The van der Waals surface area contributed by atoms with E-state index in [0.29, 0.717) is 18.8 Å². The second kappa shape index (κ2) is 10.6. The minimum atomic E-state index is -0.314. The normalized spacial score (nSPS) is 14.1. The van der Waals surface area contributed by atoms with E-state index in [1.165, 1.54) is 10.1 Å². The number of carbonyl (C=O) groups excluding carboxylic acids is 1. The molecule has 5 aromatic rings. The van der Waals surface area contributed by atoms with E-state index in [1.54, 1.807) is 18.6 Å². The first-order chi connectivity index (χ1) is 19.1. The standard InChI is InChI=1S/C31H30N6O2/c38-28(33-18-25-16-23-17-32-15-12-26(23)36-25)20-37-27(22-8-3-1-4-9-22)19-34-29(30(37)39)35-21-31(13-7-14-31)24-10-5-2-6-11-24/h1-6,8-12,15-17,19,36H,7,13-14,18,20-21H2,(H,33,38)(H,34,35). The number of aromatic amines is 1. The highest BCUT2D eigenvalue weighted by atomic mass is 16.2. The maximum absolute atomic E-state index is 13.7. The Kier molecular flexibility index (Phi) is 6.67. The first-order valence-corrected chi connectivity index (χ1v) is 13.2. The van der Waals surface area contributed by atoms with Gasteiger partial charge in [-0.15, -0.1) is 0 Å². The van der Waals surface area contributed by atoms with Crippen LogP contribution in [-0.2, 0) is 23.3 Å². The predicted molar refractivity (Wildman–Crippen MR) is 152 cm³/mol. The number of benzene rings is 2. The zero-order valence-corrected chi connectivity index (χ0v) is 21.6. The Morgan fingerprint density at radius 1 is 1.00 bits per heavy atom. The molecule has 3 N–H and O–H groups in total. The molecule has 1 aliphatic carbocycles. The van der Waals surface area contributed by atoms with E-state index in [9.17, 15) is 9.59 Å². The summed E-state index contributed by atoms with van der Waals surface area (Å²) in [4.78, 5) is 38.7. The number of nitrogens with zero attached hydrogens (tertiary/aromatic N) is 3. The van der Waals surface area contributed by atoms with Gasteiger partial charge in [-0.3, -0.25) is 19.1 Å². The zero-order chi connectivity index (χ0) is 26.7. The summed E-state index contributed by atoms with van der Waals surface area (Å²) in [7, 11) is 0. The number of aromatic nitrogens is 4. The minimum Gasteiger partial charge on any atom is -0.365 e. The molecule has 0 bridgehead atoms. The molecule has 6 rings (SSSR count). The SMILES string of the molecule is O=C(Cn1c(-c2ccccc2)cnc(NCC2(c3ccccc3)CCC2)c1=O)NCc1cc2cnccc2[nH]1. The fraction of sp³-hybridized carbons (Fsp3) is 0.226. The van der Waals surface area contributed by atoms with Crippen LogP contribution in [0.1, 0.15) is 30.5 Å². The number of hydrogen-bond acceptors (Lipinski definition) is 5. The molecular formula is C31H30N6O2. The lowest BCUT2D eigenvalue weighted by Gasteiger charge is -2.42. The summed E-state index contributed by atoms with van der Waals surface area (Å²) in [6.45, 7) is 0.815. The van der Waals surface area contributed by atoms with Gasteiger partial charge in [0.1, 0.15) is 6.54 Å². The lowest BCUT2D eigenvalue weighted by molar-refractivity contribution is -0.121. The van der Waals surface area contributed by atoms with Crippen LogP contribution in [0.2, 0.25) is 0 Å². The van der Waals surface area contributed by atoms with E-state index in [2.05, 4.69) is 49.9 Å². The van der Waals surface area contributed by atoms with Crippen LogP contribution in [0.4, 0.5) is 5.82 Å². The number of amides is 1. The Hall–Kier alpha value is -4.72. The molecule has 39 heavy (non-hydrogen) atoms. The van der Waals surface area contributed by atoms with Gasteiger partial charge in [-0.05, 0) is 36.1 Å². The molecule has 0 spiro atoms. The average molecular weight is 519 g/mol. The van der Waals surface area contributed by atoms with E-state index in [-0.39, 0.29) is 29.2 Å². The van der Waals surface area contributed by atoms with Crippen LogP contribution in [0.5, 0.6) is 0 Å². The van der Waals surface area contributed by atoms with Crippen molar-refractivity contribution in [3.05, 3.63) is 113 Å². The maximum Gasteiger partial charge on any atom is 0.294 e. The molecule has 1 saturated carbocycles. The highest BCUT2D eigenvalue weighted by Gasteiger charge is 2.38. The predicted octanol–water partition coefficient (Wildman–Crippen LogP) is 4.64. The second-order valence-corrected chi connectivity index (χ2v) is 10.1. The van der Waals surface area contributed by atoms with Gasteiger partial charge in [-0.25, -0.2) is 4.98 Å². The molecule has 196 valence electrons. The van der Waals surface area contributed by atoms with Crippen LogP contribution in [0.3, 0.4) is 0 Å². The van der Waals surface area contributed by atoms with Crippen LogP contribution in [0.25, 0.3) is 22.2 Å². The van der Waals surface area contributed by atoms with Crippen molar-refractivity contribution in [3.8, 4) is 11.3 Å².